The zero-order valence-electron chi connectivity index (χ0n) is 11.1. The lowest BCUT2D eigenvalue weighted by Crippen LogP contribution is -2.03. The Bertz CT molecular complexity index is 555. The first-order valence-electron chi connectivity index (χ1n) is 6.07. The number of hydrogen-bond donors (Lipinski definition) is 1. The number of anilines is 1. The molecule has 102 valence electrons. The lowest BCUT2D eigenvalue weighted by Gasteiger charge is -2.10. The van der Waals surface area contributed by atoms with Crippen LogP contribution in [0.2, 0.25) is 10.3 Å². The summed E-state index contributed by atoms with van der Waals surface area (Å²) in [7, 11) is 0. The molecule has 0 aliphatic heterocycles. The van der Waals surface area contributed by atoms with Gasteiger partial charge >= 0.3 is 0 Å². The van der Waals surface area contributed by atoms with Gasteiger partial charge in [-0.2, -0.15) is 5.10 Å². The maximum atomic E-state index is 6.08. The van der Waals surface area contributed by atoms with E-state index in [2.05, 4.69) is 29.2 Å². The van der Waals surface area contributed by atoms with Gasteiger partial charge < -0.3 is 5.32 Å². The van der Waals surface area contributed by atoms with Gasteiger partial charge in [0.1, 0.15) is 5.15 Å². The Morgan fingerprint density at radius 3 is 2.68 bits per heavy atom. The molecule has 0 atom stereocenters. The van der Waals surface area contributed by atoms with Gasteiger partial charge in [0.2, 0.25) is 0 Å². The first-order valence-corrected chi connectivity index (χ1v) is 6.82. The minimum Gasteiger partial charge on any atom is -0.378 e. The van der Waals surface area contributed by atoms with Crippen molar-refractivity contribution in [2.75, 3.05) is 5.32 Å². The number of pyridine rings is 1. The molecule has 2 heterocycles. The molecule has 0 fully saturated rings. The highest BCUT2D eigenvalue weighted by Gasteiger charge is 2.08. The second kappa shape index (κ2) is 5.80. The summed E-state index contributed by atoms with van der Waals surface area (Å²) in [5.74, 6) is 0. The van der Waals surface area contributed by atoms with Crippen LogP contribution in [0.15, 0.2) is 18.5 Å². The number of nitrogens with one attached hydrogen (secondary N) is 1. The Labute approximate surface area is 122 Å². The smallest absolute Gasteiger partial charge is 0.154 e. The molecule has 0 aliphatic carbocycles. The van der Waals surface area contributed by atoms with Gasteiger partial charge in [0.25, 0.3) is 0 Å². The average Bonchev–Trinajstić information content (AvgIpc) is 2.76. The third kappa shape index (κ3) is 3.39. The maximum Gasteiger partial charge on any atom is 0.154 e. The van der Waals surface area contributed by atoms with Crippen LogP contribution in [-0.4, -0.2) is 14.8 Å². The molecule has 6 heteroatoms. The van der Waals surface area contributed by atoms with E-state index in [4.69, 9.17) is 23.2 Å². The van der Waals surface area contributed by atoms with Crippen LogP contribution < -0.4 is 5.32 Å². The summed E-state index contributed by atoms with van der Waals surface area (Å²) in [6, 6.07) is 2.14. The van der Waals surface area contributed by atoms with Crippen LogP contribution >= 0.6 is 23.2 Å². The van der Waals surface area contributed by atoms with Gasteiger partial charge in [-0.05, 0) is 32.4 Å². The van der Waals surface area contributed by atoms with Crippen molar-refractivity contribution < 1.29 is 0 Å². The third-order valence-corrected chi connectivity index (χ3v) is 3.26. The SMILES string of the molecule is Cc1cc(Cl)nc(Cl)c1NCc1cnn(C(C)C)c1. The number of aryl methyl sites for hydroxylation is 1. The third-order valence-electron chi connectivity index (χ3n) is 2.79. The molecule has 1 N–H and O–H groups in total. The molecule has 0 spiro atoms. The molecule has 0 radical (unpaired) electrons. The normalized spacial score (nSPS) is 11.1. The molecule has 0 unspecified atom stereocenters. The Kier molecular flexibility index (Phi) is 4.32. The van der Waals surface area contributed by atoms with Crippen LogP contribution in [0.25, 0.3) is 0 Å². The van der Waals surface area contributed by atoms with Crippen LogP contribution in [0, 0.1) is 6.92 Å². The molecule has 2 aromatic rings. The van der Waals surface area contributed by atoms with E-state index in [9.17, 15) is 0 Å². The lowest BCUT2D eigenvalue weighted by molar-refractivity contribution is 0.532. The number of rotatable bonds is 4. The van der Waals surface area contributed by atoms with E-state index < -0.39 is 0 Å². The summed E-state index contributed by atoms with van der Waals surface area (Å²) in [6.45, 7) is 6.78. The summed E-state index contributed by atoms with van der Waals surface area (Å²) < 4.78 is 1.92. The first kappa shape index (κ1) is 14.2. The van der Waals surface area contributed by atoms with Gasteiger partial charge in [-0.15, -0.1) is 0 Å². The minimum atomic E-state index is 0.358. The van der Waals surface area contributed by atoms with Gasteiger partial charge in [0, 0.05) is 24.3 Å². The Hall–Kier alpha value is -1.26. The molecule has 4 nitrogen and oxygen atoms in total. The van der Waals surface area contributed by atoms with Crippen LogP contribution in [-0.2, 0) is 6.54 Å². The molecule has 0 saturated carbocycles. The summed E-state index contributed by atoms with van der Waals surface area (Å²) in [4.78, 5) is 4.03. The summed E-state index contributed by atoms with van der Waals surface area (Å²) in [5, 5.41) is 8.36. The zero-order valence-corrected chi connectivity index (χ0v) is 12.6. The van der Waals surface area contributed by atoms with E-state index in [1.165, 1.54) is 0 Å². The molecule has 0 saturated heterocycles. The summed E-state index contributed by atoms with van der Waals surface area (Å²) in [6.07, 6.45) is 3.86. The van der Waals surface area contributed by atoms with Crippen molar-refractivity contribution >= 4 is 28.9 Å². The number of hydrogen-bond acceptors (Lipinski definition) is 3. The number of nitrogens with zero attached hydrogens (tertiary/aromatic N) is 3. The Morgan fingerprint density at radius 1 is 1.37 bits per heavy atom. The van der Waals surface area contributed by atoms with Gasteiger partial charge in [-0.25, -0.2) is 4.98 Å². The van der Waals surface area contributed by atoms with Gasteiger partial charge in [-0.3, -0.25) is 4.68 Å². The second-order valence-electron chi connectivity index (χ2n) is 4.70. The predicted octanol–water partition coefficient (Wildman–Crippen LogP) is 4.09. The standard InChI is InChI=1S/C13H16Cl2N4/c1-8(2)19-7-10(6-17-19)5-16-12-9(3)4-11(14)18-13(12)15/h4,6-8,16H,5H2,1-3H3. The molecule has 0 aromatic carbocycles. The second-order valence-corrected chi connectivity index (χ2v) is 5.45. The van der Waals surface area contributed by atoms with Crippen LogP contribution in [0.1, 0.15) is 31.0 Å². The quantitative estimate of drug-likeness (QED) is 0.865. The molecular formula is C13H16Cl2N4. The van der Waals surface area contributed by atoms with Crippen LogP contribution in [0.3, 0.4) is 0 Å². The monoisotopic (exact) mass is 298 g/mol. The average molecular weight is 299 g/mol. The maximum absolute atomic E-state index is 6.08. The van der Waals surface area contributed by atoms with E-state index in [1.807, 2.05) is 24.0 Å². The van der Waals surface area contributed by atoms with Gasteiger partial charge in [-0.1, -0.05) is 23.2 Å². The lowest BCUT2D eigenvalue weighted by atomic mass is 10.2. The van der Waals surface area contributed by atoms with Crippen molar-refractivity contribution in [3.8, 4) is 0 Å². The molecule has 0 bridgehead atoms. The number of halogens is 2. The predicted molar refractivity (Wildman–Crippen MR) is 78.9 cm³/mol. The fraction of sp³-hybridized carbons (Fsp3) is 0.385. The molecule has 2 aromatic heterocycles. The molecule has 19 heavy (non-hydrogen) atoms. The molecule has 0 amide bonds. The van der Waals surface area contributed by atoms with E-state index >= 15 is 0 Å². The number of aromatic nitrogens is 3. The van der Waals surface area contributed by atoms with Crippen LogP contribution in [0.4, 0.5) is 5.69 Å². The first-order chi connectivity index (χ1) is 8.97. The van der Waals surface area contributed by atoms with Crippen molar-refractivity contribution in [2.45, 2.75) is 33.4 Å². The summed E-state index contributed by atoms with van der Waals surface area (Å²) in [5.41, 5.74) is 2.88. The van der Waals surface area contributed by atoms with E-state index in [1.54, 1.807) is 6.07 Å². The molecular weight excluding hydrogens is 283 g/mol. The van der Waals surface area contributed by atoms with Crippen molar-refractivity contribution in [1.82, 2.24) is 14.8 Å². The molecule has 0 aliphatic rings. The highest BCUT2D eigenvalue weighted by Crippen LogP contribution is 2.26. The van der Waals surface area contributed by atoms with Crippen molar-refractivity contribution in [2.24, 2.45) is 0 Å². The Balaban J connectivity index is 2.10. The minimum absolute atomic E-state index is 0.358. The van der Waals surface area contributed by atoms with Gasteiger partial charge in [0.15, 0.2) is 5.15 Å². The van der Waals surface area contributed by atoms with E-state index in [0.717, 1.165) is 16.8 Å². The van der Waals surface area contributed by atoms with E-state index in [-0.39, 0.29) is 0 Å². The van der Waals surface area contributed by atoms with Crippen molar-refractivity contribution in [1.29, 1.82) is 0 Å². The highest BCUT2D eigenvalue weighted by atomic mass is 35.5. The fourth-order valence-electron chi connectivity index (χ4n) is 1.75. The van der Waals surface area contributed by atoms with E-state index in [0.29, 0.717) is 22.9 Å². The zero-order chi connectivity index (χ0) is 14.0. The van der Waals surface area contributed by atoms with Crippen molar-refractivity contribution in [3.05, 3.63) is 39.9 Å². The topological polar surface area (TPSA) is 42.7 Å². The summed E-state index contributed by atoms with van der Waals surface area (Å²) >= 11 is 11.9. The highest BCUT2D eigenvalue weighted by molar-refractivity contribution is 6.34. The van der Waals surface area contributed by atoms with Crippen molar-refractivity contribution in [3.63, 3.8) is 0 Å². The fourth-order valence-corrected chi connectivity index (χ4v) is 2.35. The van der Waals surface area contributed by atoms with Crippen LogP contribution in [0.5, 0.6) is 0 Å². The van der Waals surface area contributed by atoms with Gasteiger partial charge in [0.05, 0.1) is 11.9 Å². The molecule has 2 rings (SSSR count). The Morgan fingerprint density at radius 2 is 2.11 bits per heavy atom. The largest absolute Gasteiger partial charge is 0.378 e.